The molecule has 0 bridgehead atoms. The normalized spacial score (nSPS) is 13.5. The number of unbranched alkanes of at least 4 members (excludes halogenated alkanes) is 17. The van der Waals surface area contributed by atoms with Crippen molar-refractivity contribution in [1.29, 1.82) is 0 Å². The molecule has 0 fully saturated rings. The van der Waals surface area contributed by atoms with Crippen LogP contribution in [0.1, 0.15) is 187 Å². The lowest BCUT2D eigenvalue weighted by Gasteiger charge is -2.31. The average molecular weight is 815 g/mol. The smallest absolute Gasteiger partial charge is 0.362 e. The molecule has 334 valence electrons. The summed E-state index contributed by atoms with van der Waals surface area (Å²) in [6.45, 7) is 4.59. The SMILES string of the molecule is CC/C=C/C/C=C/C/C=C/C/C=C/C/C=C/CCCCCC(=O)OCC(COCCC(C(=O)O)[N+](C)(C)C)OC(=O)CCCCCCCCCCCCCCCCC. The average Bonchev–Trinajstić information content (AvgIpc) is 3.18. The highest BCUT2D eigenvalue weighted by Crippen LogP contribution is 2.15. The number of carbonyl (C=O) groups excluding carboxylic acids is 2. The van der Waals surface area contributed by atoms with Gasteiger partial charge < -0.3 is 23.8 Å². The Kier molecular flexibility index (Phi) is 38.7. The number of esters is 2. The first-order valence-corrected chi connectivity index (χ1v) is 23.3. The van der Waals surface area contributed by atoms with Crippen molar-refractivity contribution in [1.82, 2.24) is 0 Å². The van der Waals surface area contributed by atoms with E-state index in [1.54, 1.807) is 0 Å². The van der Waals surface area contributed by atoms with Crippen LogP contribution in [0.4, 0.5) is 0 Å². The van der Waals surface area contributed by atoms with Gasteiger partial charge in [-0.3, -0.25) is 9.59 Å². The van der Waals surface area contributed by atoms with Crippen LogP contribution in [0.2, 0.25) is 0 Å². The maximum atomic E-state index is 12.7. The first kappa shape index (κ1) is 55.0. The van der Waals surface area contributed by atoms with Crippen LogP contribution in [-0.2, 0) is 28.6 Å². The second-order valence-electron chi connectivity index (χ2n) is 16.6. The number of aliphatic carboxylic acids is 1. The Morgan fingerprint density at radius 3 is 1.43 bits per heavy atom. The van der Waals surface area contributed by atoms with Crippen LogP contribution in [0.3, 0.4) is 0 Å². The molecular formula is C50H88NO7+. The summed E-state index contributed by atoms with van der Waals surface area (Å²) in [5.41, 5.74) is 0. The number of rotatable bonds is 41. The Bertz CT molecular complexity index is 1130. The van der Waals surface area contributed by atoms with Crippen molar-refractivity contribution in [2.24, 2.45) is 0 Å². The van der Waals surface area contributed by atoms with Gasteiger partial charge in [-0.05, 0) is 57.8 Å². The van der Waals surface area contributed by atoms with Crippen molar-refractivity contribution in [2.75, 3.05) is 41.0 Å². The fraction of sp³-hybridized carbons (Fsp3) is 0.740. The molecule has 0 spiro atoms. The summed E-state index contributed by atoms with van der Waals surface area (Å²) in [6, 6.07) is -0.620. The number of carboxylic acids is 1. The quantitative estimate of drug-likeness (QED) is 0.0284. The molecule has 0 aromatic rings. The lowest BCUT2D eigenvalue weighted by molar-refractivity contribution is -0.887. The first-order valence-electron chi connectivity index (χ1n) is 23.3. The largest absolute Gasteiger partial charge is 0.477 e. The molecule has 8 heteroatoms. The first-order chi connectivity index (χ1) is 28.1. The molecule has 2 atom stereocenters. The van der Waals surface area contributed by atoms with Gasteiger partial charge in [0.1, 0.15) is 6.61 Å². The second kappa shape index (κ2) is 40.8. The zero-order valence-corrected chi connectivity index (χ0v) is 38.0. The van der Waals surface area contributed by atoms with E-state index in [-0.39, 0.29) is 36.2 Å². The molecule has 58 heavy (non-hydrogen) atoms. The van der Waals surface area contributed by atoms with E-state index in [0.29, 0.717) is 19.3 Å². The molecule has 1 N–H and O–H groups in total. The summed E-state index contributed by atoms with van der Waals surface area (Å²) in [5, 5.41) is 9.63. The molecule has 0 aromatic heterocycles. The molecule has 2 unspecified atom stereocenters. The number of carbonyl (C=O) groups is 3. The van der Waals surface area contributed by atoms with Crippen molar-refractivity contribution in [3.63, 3.8) is 0 Å². The predicted molar refractivity (Wildman–Crippen MR) is 243 cm³/mol. The minimum absolute atomic E-state index is 0.0502. The van der Waals surface area contributed by atoms with E-state index < -0.39 is 18.1 Å². The Morgan fingerprint density at radius 1 is 0.534 bits per heavy atom. The molecule has 0 saturated heterocycles. The molecule has 8 nitrogen and oxygen atoms in total. The van der Waals surface area contributed by atoms with E-state index in [1.165, 1.54) is 77.0 Å². The van der Waals surface area contributed by atoms with Crippen molar-refractivity contribution < 1.29 is 38.2 Å². The number of hydrogen-bond acceptors (Lipinski definition) is 6. The molecule has 0 aliphatic rings. The Balaban J connectivity index is 4.37. The monoisotopic (exact) mass is 815 g/mol. The van der Waals surface area contributed by atoms with Crippen LogP contribution in [0.25, 0.3) is 0 Å². The molecule has 0 aromatic carbocycles. The second-order valence-corrected chi connectivity index (χ2v) is 16.6. The predicted octanol–water partition coefficient (Wildman–Crippen LogP) is 13.0. The van der Waals surface area contributed by atoms with Crippen LogP contribution in [0.5, 0.6) is 0 Å². The Morgan fingerprint density at radius 2 is 0.966 bits per heavy atom. The Hall–Kier alpha value is -2.97. The van der Waals surface area contributed by atoms with E-state index in [2.05, 4.69) is 74.6 Å². The number of hydrogen-bond donors (Lipinski definition) is 1. The minimum atomic E-state index is -0.880. The third-order valence-electron chi connectivity index (χ3n) is 10.2. The van der Waals surface area contributed by atoms with Gasteiger partial charge in [0.05, 0.1) is 34.4 Å². The maximum Gasteiger partial charge on any atom is 0.362 e. The van der Waals surface area contributed by atoms with Crippen LogP contribution in [0, 0.1) is 0 Å². The molecule has 0 aliphatic heterocycles. The number of quaternary nitrogens is 1. The number of ether oxygens (including phenoxy) is 3. The highest BCUT2D eigenvalue weighted by atomic mass is 16.6. The van der Waals surface area contributed by atoms with Crippen LogP contribution in [0.15, 0.2) is 60.8 Å². The minimum Gasteiger partial charge on any atom is -0.477 e. The number of likely N-dealkylation sites (N-methyl/N-ethyl adjacent to an activating group) is 1. The summed E-state index contributed by atoms with van der Waals surface area (Å²) in [7, 11) is 5.52. The van der Waals surface area contributed by atoms with Gasteiger partial charge in [-0.1, -0.05) is 171 Å². The lowest BCUT2D eigenvalue weighted by atomic mass is 10.0. The molecule has 0 amide bonds. The van der Waals surface area contributed by atoms with Gasteiger partial charge in [0.15, 0.2) is 12.1 Å². The molecule has 0 heterocycles. The molecule has 0 saturated carbocycles. The third kappa shape index (κ3) is 38.5. The fourth-order valence-electron chi connectivity index (χ4n) is 6.59. The van der Waals surface area contributed by atoms with Gasteiger partial charge in [-0.2, -0.15) is 0 Å². The summed E-state index contributed by atoms with van der Waals surface area (Å²) >= 11 is 0. The van der Waals surface area contributed by atoms with Gasteiger partial charge in [0.25, 0.3) is 0 Å². The van der Waals surface area contributed by atoms with Gasteiger partial charge in [0.2, 0.25) is 0 Å². The van der Waals surface area contributed by atoms with Crippen LogP contribution >= 0.6 is 0 Å². The lowest BCUT2D eigenvalue weighted by Crippen LogP contribution is -2.50. The van der Waals surface area contributed by atoms with Gasteiger partial charge in [0, 0.05) is 19.3 Å². The molecule has 0 aliphatic carbocycles. The molecular weight excluding hydrogens is 727 g/mol. The van der Waals surface area contributed by atoms with Crippen molar-refractivity contribution in [3.8, 4) is 0 Å². The highest BCUT2D eigenvalue weighted by molar-refractivity contribution is 5.72. The summed E-state index contributed by atoms with van der Waals surface area (Å²) < 4.78 is 17.3. The number of allylic oxidation sites excluding steroid dienone is 10. The zero-order chi connectivity index (χ0) is 42.8. The fourth-order valence-corrected chi connectivity index (χ4v) is 6.59. The summed E-state index contributed by atoms with van der Waals surface area (Å²) in [5.74, 6) is -1.51. The summed E-state index contributed by atoms with van der Waals surface area (Å²) in [4.78, 5) is 37.0. The number of carboxylic acid groups (broad SMARTS) is 1. The Labute approximate surface area is 356 Å². The maximum absolute atomic E-state index is 12.7. The van der Waals surface area contributed by atoms with E-state index in [4.69, 9.17) is 14.2 Å². The molecule has 0 rings (SSSR count). The van der Waals surface area contributed by atoms with E-state index in [0.717, 1.165) is 77.0 Å². The topological polar surface area (TPSA) is 99.1 Å². The van der Waals surface area contributed by atoms with Crippen LogP contribution < -0.4 is 0 Å². The van der Waals surface area contributed by atoms with Crippen molar-refractivity contribution in [3.05, 3.63) is 60.8 Å². The van der Waals surface area contributed by atoms with Gasteiger partial charge in [-0.25, -0.2) is 4.79 Å². The van der Waals surface area contributed by atoms with Crippen molar-refractivity contribution in [2.45, 2.75) is 199 Å². The summed E-state index contributed by atoms with van der Waals surface area (Å²) in [6.07, 6.45) is 49.7. The third-order valence-corrected chi connectivity index (χ3v) is 10.2. The van der Waals surface area contributed by atoms with Gasteiger partial charge >= 0.3 is 17.9 Å². The van der Waals surface area contributed by atoms with E-state index in [9.17, 15) is 19.5 Å². The van der Waals surface area contributed by atoms with Gasteiger partial charge in [-0.15, -0.1) is 0 Å². The van der Waals surface area contributed by atoms with E-state index in [1.807, 2.05) is 21.1 Å². The van der Waals surface area contributed by atoms with Crippen LogP contribution in [-0.4, -0.2) is 80.6 Å². The highest BCUT2D eigenvalue weighted by Gasteiger charge is 2.31. The number of nitrogens with zero attached hydrogens (tertiary/aromatic N) is 1. The van der Waals surface area contributed by atoms with E-state index >= 15 is 0 Å². The standard InChI is InChI=1S/C50H87NO7/c1-6-8-10-12-14-16-18-20-22-23-24-25-27-28-30-32-34-36-38-40-48(52)57-45-46(44-56-43-42-47(50(54)55)51(3,4)5)58-49(53)41-39-37-35-33-31-29-26-21-19-17-15-13-11-9-7-2/h8,10,14,16,20,22,24-25,28,30,46-47H,6-7,9,11-13,15,17-19,21,23,26-27,29,31-45H2,1-5H3/p+1/b10-8+,16-14+,22-20+,25-24+,30-28+. The van der Waals surface area contributed by atoms with Crippen molar-refractivity contribution >= 4 is 17.9 Å². The zero-order valence-electron chi connectivity index (χ0n) is 38.0. The molecule has 0 radical (unpaired) electrons.